The van der Waals surface area contributed by atoms with Crippen LogP contribution >= 0.6 is 24.8 Å². The van der Waals surface area contributed by atoms with Gasteiger partial charge in [0.05, 0.1) is 7.11 Å². The van der Waals surface area contributed by atoms with Crippen molar-refractivity contribution < 1.29 is 9.47 Å². The third kappa shape index (κ3) is 8.83. The van der Waals surface area contributed by atoms with Gasteiger partial charge in [-0.2, -0.15) is 0 Å². The number of hydrogen-bond donors (Lipinski definition) is 1. The summed E-state index contributed by atoms with van der Waals surface area (Å²) in [7, 11) is 5.78. The molecule has 0 bridgehead atoms. The SMILES string of the molecule is C=CCOc1ccc(CNCCN(C)C)cc1OC.Cl.Cl. The van der Waals surface area contributed by atoms with Crippen LogP contribution in [0.1, 0.15) is 5.56 Å². The molecule has 0 aliphatic carbocycles. The first-order valence-corrected chi connectivity index (χ1v) is 6.43. The highest BCUT2D eigenvalue weighted by molar-refractivity contribution is 5.85. The molecular formula is C15H26Cl2N2O2. The minimum Gasteiger partial charge on any atom is -0.493 e. The lowest BCUT2D eigenvalue weighted by molar-refractivity contribution is 0.326. The van der Waals surface area contributed by atoms with Crippen LogP contribution in [0.3, 0.4) is 0 Å². The molecule has 0 fully saturated rings. The maximum absolute atomic E-state index is 5.52. The van der Waals surface area contributed by atoms with Crippen LogP contribution in [0.4, 0.5) is 0 Å². The summed E-state index contributed by atoms with van der Waals surface area (Å²) < 4.78 is 10.9. The summed E-state index contributed by atoms with van der Waals surface area (Å²) in [4.78, 5) is 2.15. The Balaban J connectivity index is 0. The van der Waals surface area contributed by atoms with Crippen molar-refractivity contribution in [3.63, 3.8) is 0 Å². The number of nitrogens with zero attached hydrogens (tertiary/aromatic N) is 1. The van der Waals surface area contributed by atoms with E-state index in [2.05, 4.69) is 30.9 Å². The lowest BCUT2D eigenvalue weighted by atomic mass is 10.2. The van der Waals surface area contributed by atoms with E-state index in [-0.39, 0.29) is 24.8 Å². The van der Waals surface area contributed by atoms with E-state index in [1.54, 1.807) is 13.2 Å². The van der Waals surface area contributed by atoms with Crippen LogP contribution in [0.2, 0.25) is 0 Å². The van der Waals surface area contributed by atoms with E-state index in [9.17, 15) is 0 Å². The molecule has 6 heteroatoms. The summed E-state index contributed by atoms with van der Waals surface area (Å²) in [5.41, 5.74) is 1.18. The van der Waals surface area contributed by atoms with Crippen LogP contribution in [-0.4, -0.2) is 45.8 Å². The minimum atomic E-state index is 0. The molecule has 0 amide bonds. The molecule has 0 atom stereocenters. The van der Waals surface area contributed by atoms with Crippen molar-refractivity contribution in [3.05, 3.63) is 36.4 Å². The van der Waals surface area contributed by atoms with Gasteiger partial charge in [0.25, 0.3) is 0 Å². The predicted octanol–water partition coefficient (Wildman–Crippen LogP) is 2.75. The average Bonchev–Trinajstić information content (AvgIpc) is 2.41. The van der Waals surface area contributed by atoms with E-state index >= 15 is 0 Å². The Labute approximate surface area is 140 Å². The van der Waals surface area contributed by atoms with Crippen LogP contribution in [0, 0.1) is 0 Å². The zero-order valence-corrected chi connectivity index (χ0v) is 14.6. The molecule has 0 radical (unpaired) electrons. The van der Waals surface area contributed by atoms with E-state index < -0.39 is 0 Å². The third-order valence-electron chi connectivity index (χ3n) is 2.65. The van der Waals surface area contributed by atoms with Crippen LogP contribution < -0.4 is 14.8 Å². The largest absolute Gasteiger partial charge is 0.493 e. The van der Waals surface area contributed by atoms with Gasteiger partial charge in [-0.05, 0) is 31.8 Å². The minimum absolute atomic E-state index is 0. The second-order valence-corrected chi connectivity index (χ2v) is 4.56. The fourth-order valence-electron chi connectivity index (χ4n) is 1.63. The maximum Gasteiger partial charge on any atom is 0.161 e. The van der Waals surface area contributed by atoms with Crippen LogP contribution in [-0.2, 0) is 6.54 Å². The maximum atomic E-state index is 5.52. The molecule has 0 unspecified atom stereocenters. The number of halogens is 2. The van der Waals surface area contributed by atoms with Crippen molar-refractivity contribution in [2.75, 3.05) is 40.9 Å². The summed E-state index contributed by atoms with van der Waals surface area (Å²) in [6.45, 7) is 6.93. The van der Waals surface area contributed by atoms with Gasteiger partial charge in [-0.1, -0.05) is 18.7 Å². The lowest BCUT2D eigenvalue weighted by Gasteiger charge is -2.13. The second kappa shape index (κ2) is 12.8. The summed E-state index contributed by atoms with van der Waals surface area (Å²) >= 11 is 0. The topological polar surface area (TPSA) is 33.7 Å². The van der Waals surface area contributed by atoms with Crippen molar-refractivity contribution in [1.29, 1.82) is 0 Å². The Hall–Kier alpha value is -0.940. The normalized spacial score (nSPS) is 9.52. The van der Waals surface area contributed by atoms with Gasteiger partial charge < -0.3 is 19.7 Å². The summed E-state index contributed by atoms with van der Waals surface area (Å²) in [5, 5.41) is 3.39. The van der Waals surface area contributed by atoms with Gasteiger partial charge in [-0.3, -0.25) is 0 Å². The molecule has 0 spiro atoms. The van der Waals surface area contributed by atoms with Crippen LogP contribution in [0.25, 0.3) is 0 Å². The number of rotatable bonds is 9. The lowest BCUT2D eigenvalue weighted by Crippen LogP contribution is -2.26. The quantitative estimate of drug-likeness (QED) is 0.555. The molecule has 0 heterocycles. The number of likely N-dealkylation sites (N-methyl/N-ethyl adjacent to an activating group) is 1. The van der Waals surface area contributed by atoms with Gasteiger partial charge in [0, 0.05) is 19.6 Å². The zero-order chi connectivity index (χ0) is 14.1. The number of hydrogen-bond acceptors (Lipinski definition) is 4. The fraction of sp³-hybridized carbons (Fsp3) is 0.467. The van der Waals surface area contributed by atoms with E-state index in [4.69, 9.17) is 9.47 Å². The number of nitrogens with one attached hydrogen (secondary N) is 1. The number of methoxy groups -OCH3 is 1. The molecule has 21 heavy (non-hydrogen) atoms. The predicted molar refractivity (Wildman–Crippen MR) is 93.4 cm³/mol. The van der Waals surface area contributed by atoms with Gasteiger partial charge in [-0.25, -0.2) is 0 Å². The van der Waals surface area contributed by atoms with Gasteiger partial charge in [-0.15, -0.1) is 24.8 Å². The van der Waals surface area contributed by atoms with Gasteiger partial charge in [0.1, 0.15) is 6.61 Å². The Morgan fingerprint density at radius 3 is 2.52 bits per heavy atom. The first kappa shape index (κ1) is 22.3. The Morgan fingerprint density at radius 2 is 1.95 bits per heavy atom. The average molecular weight is 337 g/mol. The fourth-order valence-corrected chi connectivity index (χ4v) is 1.63. The van der Waals surface area contributed by atoms with Crippen molar-refractivity contribution in [1.82, 2.24) is 10.2 Å². The highest BCUT2D eigenvalue weighted by Crippen LogP contribution is 2.27. The van der Waals surface area contributed by atoms with Gasteiger partial charge >= 0.3 is 0 Å². The standard InChI is InChI=1S/C15H24N2O2.2ClH/c1-5-10-19-14-7-6-13(11-15(14)18-4)12-16-8-9-17(2)3;;/h5-7,11,16H,1,8-10,12H2,2-4H3;2*1H. The smallest absolute Gasteiger partial charge is 0.161 e. The number of benzene rings is 1. The van der Waals surface area contributed by atoms with Crippen molar-refractivity contribution in [2.45, 2.75) is 6.54 Å². The molecule has 1 rings (SSSR count). The monoisotopic (exact) mass is 336 g/mol. The molecule has 4 nitrogen and oxygen atoms in total. The van der Waals surface area contributed by atoms with Crippen molar-refractivity contribution in [3.8, 4) is 11.5 Å². The van der Waals surface area contributed by atoms with Crippen molar-refractivity contribution >= 4 is 24.8 Å². The molecule has 0 aliphatic heterocycles. The molecule has 1 aromatic rings. The van der Waals surface area contributed by atoms with E-state index in [0.717, 1.165) is 31.1 Å². The van der Waals surface area contributed by atoms with Crippen LogP contribution in [0.5, 0.6) is 11.5 Å². The van der Waals surface area contributed by atoms with Gasteiger partial charge in [0.2, 0.25) is 0 Å². The molecule has 1 N–H and O–H groups in total. The van der Waals surface area contributed by atoms with E-state index in [1.807, 2.05) is 18.2 Å². The molecule has 0 saturated carbocycles. The Bertz CT molecular complexity index is 401. The first-order valence-electron chi connectivity index (χ1n) is 6.43. The first-order chi connectivity index (χ1) is 9.17. The summed E-state index contributed by atoms with van der Waals surface area (Å²) in [6, 6.07) is 5.98. The Kier molecular flexibility index (Phi) is 13.6. The highest BCUT2D eigenvalue weighted by atomic mass is 35.5. The molecule has 0 aliphatic rings. The van der Waals surface area contributed by atoms with Gasteiger partial charge in [0.15, 0.2) is 11.5 Å². The molecular weight excluding hydrogens is 311 g/mol. The zero-order valence-electron chi connectivity index (χ0n) is 12.9. The third-order valence-corrected chi connectivity index (χ3v) is 2.65. The number of ether oxygens (including phenoxy) is 2. The Morgan fingerprint density at radius 1 is 1.24 bits per heavy atom. The van der Waals surface area contributed by atoms with E-state index in [0.29, 0.717) is 6.61 Å². The molecule has 1 aromatic carbocycles. The molecule has 122 valence electrons. The van der Waals surface area contributed by atoms with Crippen LogP contribution in [0.15, 0.2) is 30.9 Å². The highest BCUT2D eigenvalue weighted by Gasteiger charge is 2.05. The second-order valence-electron chi connectivity index (χ2n) is 4.56. The van der Waals surface area contributed by atoms with Crippen molar-refractivity contribution in [2.24, 2.45) is 0 Å². The summed E-state index contributed by atoms with van der Waals surface area (Å²) in [6.07, 6.45) is 1.72. The van der Waals surface area contributed by atoms with E-state index in [1.165, 1.54) is 5.56 Å². The molecule has 0 aromatic heterocycles. The summed E-state index contributed by atoms with van der Waals surface area (Å²) in [5.74, 6) is 1.51. The molecule has 0 saturated heterocycles.